The molecule has 3 atom stereocenters. The lowest BCUT2D eigenvalue weighted by Gasteiger charge is -2.24. The second kappa shape index (κ2) is 17.6. The van der Waals surface area contributed by atoms with E-state index in [1.54, 1.807) is 6.08 Å². The van der Waals surface area contributed by atoms with Crippen LogP contribution in [0.4, 0.5) is 0 Å². The molecular formula is C25H43N7O6S. The smallest absolute Gasteiger partial charge is 0.242 e. The van der Waals surface area contributed by atoms with E-state index in [1.165, 1.54) is 13.0 Å². The van der Waals surface area contributed by atoms with Gasteiger partial charge in [0.1, 0.15) is 17.9 Å². The Labute approximate surface area is 234 Å². The molecule has 0 bridgehead atoms. The maximum Gasteiger partial charge on any atom is 0.242 e. The van der Waals surface area contributed by atoms with Crippen molar-refractivity contribution in [3.8, 4) is 0 Å². The van der Waals surface area contributed by atoms with Crippen molar-refractivity contribution in [3.63, 3.8) is 0 Å². The van der Waals surface area contributed by atoms with E-state index >= 15 is 0 Å². The van der Waals surface area contributed by atoms with Crippen LogP contribution in [0.1, 0.15) is 71.1 Å². The van der Waals surface area contributed by atoms with Gasteiger partial charge in [-0.05, 0) is 51.0 Å². The third-order valence-corrected chi connectivity index (χ3v) is 6.33. The fourth-order valence-electron chi connectivity index (χ4n) is 3.92. The first-order chi connectivity index (χ1) is 18.3. The topological polar surface area (TPSA) is 229 Å². The Kier molecular flexibility index (Phi) is 15.4. The number of allylic oxidation sites excluding steroid dienone is 2. The van der Waals surface area contributed by atoms with Crippen molar-refractivity contribution in [2.75, 3.05) is 12.3 Å². The first-order valence-corrected chi connectivity index (χ1v) is 13.8. The summed E-state index contributed by atoms with van der Waals surface area (Å²) in [5, 5.41) is 10.5. The van der Waals surface area contributed by atoms with Gasteiger partial charge in [-0.2, -0.15) is 12.6 Å². The van der Waals surface area contributed by atoms with Gasteiger partial charge >= 0.3 is 0 Å². The van der Waals surface area contributed by atoms with Gasteiger partial charge in [0.15, 0.2) is 5.78 Å². The summed E-state index contributed by atoms with van der Waals surface area (Å²) in [4.78, 5) is 71.8. The number of nitrogens with one attached hydrogen (secondary N) is 4. The van der Waals surface area contributed by atoms with Crippen LogP contribution in [0, 0.1) is 5.92 Å². The standard InChI is InChI=1S/C25H43N7O6S/c1-25(27,28)32-22(36)8-5-7-21(35)30-18(14-16-9-11-17(33)12-10-16)24(38)29-13-4-2-3-6-20(34)31-19(15-39)23(26)37/h9,11,16,18-19,39H,2-8,10,12-15,27-28H2,1H3,(H2,26,37)(H,29,38)(H,30,35)(H,31,34)(H,32,36). The molecule has 10 N–H and O–H groups in total. The highest BCUT2D eigenvalue weighted by atomic mass is 32.1. The predicted molar refractivity (Wildman–Crippen MR) is 149 cm³/mol. The number of carbonyl (C=O) groups excluding carboxylic acids is 6. The Hall–Kier alpha value is -2.97. The summed E-state index contributed by atoms with van der Waals surface area (Å²) in [6, 6.07) is -1.61. The van der Waals surface area contributed by atoms with Crippen LogP contribution in [0.2, 0.25) is 0 Å². The van der Waals surface area contributed by atoms with E-state index in [0.29, 0.717) is 45.1 Å². The number of primary amides is 1. The molecule has 220 valence electrons. The highest BCUT2D eigenvalue weighted by Gasteiger charge is 2.25. The quantitative estimate of drug-likeness (QED) is 0.0569. The van der Waals surface area contributed by atoms with E-state index in [9.17, 15) is 28.8 Å². The molecule has 0 aromatic rings. The molecule has 13 nitrogen and oxygen atoms in total. The van der Waals surface area contributed by atoms with Gasteiger partial charge in [-0.3, -0.25) is 40.2 Å². The number of amides is 5. The Morgan fingerprint density at radius 1 is 0.974 bits per heavy atom. The molecule has 0 aromatic carbocycles. The molecule has 0 spiro atoms. The van der Waals surface area contributed by atoms with Crippen LogP contribution >= 0.6 is 12.6 Å². The molecule has 14 heteroatoms. The summed E-state index contributed by atoms with van der Waals surface area (Å²) in [6.45, 7) is 1.79. The van der Waals surface area contributed by atoms with Crippen LogP contribution < -0.4 is 38.5 Å². The average molecular weight is 570 g/mol. The molecule has 39 heavy (non-hydrogen) atoms. The van der Waals surface area contributed by atoms with Crippen LogP contribution in [-0.2, 0) is 28.8 Å². The van der Waals surface area contributed by atoms with Crippen LogP contribution in [0.3, 0.4) is 0 Å². The van der Waals surface area contributed by atoms with Gasteiger partial charge in [-0.25, -0.2) is 0 Å². The summed E-state index contributed by atoms with van der Waals surface area (Å²) in [5.41, 5.74) is 16.3. The van der Waals surface area contributed by atoms with E-state index in [1.807, 2.05) is 0 Å². The fourth-order valence-corrected chi connectivity index (χ4v) is 4.19. The minimum absolute atomic E-state index is 0.0312. The average Bonchev–Trinajstić information content (AvgIpc) is 2.84. The third-order valence-electron chi connectivity index (χ3n) is 5.96. The number of unbranched alkanes of at least 4 members (excludes halogenated alkanes) is 2. The van der Waals surface area contributed by atoms with Crippen molar-refractivity contribution >= 4 is 47.9 Å². The van der Waals surface area contributed by atoms with Gasteiger partial charge in [0, 0.05) is 38.0 Å². The lowest BCUT2D eigenvalue weighted by atomic mass is 9.89. The van der Waals surface area contributed by atoms with Gasteiger partial charge in [0.05, 0.1) is 0 Å². The van der Waals surface area contributed by atoms with Crippen molar-refractivity contribution in [2.24, 2.45) is 23.1 Å². The van der Waals surface area contributed by atoms with E-state index in [0.717, 1.165) is 0 Å². The van der Waals surface area contributed by atoms with Crippen LogP contribution in [0.5, 0.6) is 0 Å². The summed E-state index contributed by atoms with van der Waals surface area (Å²) in [6.07, 6.45) is 6.98. The highest BCUT2D eigenvalue weighted by Crippen LogP contribution is 2.20. The van der Waals surface area contributed by atoms with Crippen molar-refractivity contribution in [1.82, 2.24) is 21.3 Å². The first-order valence-electron chi connectivity index (χ1n) is 13.2. The van der Waals surface area contributed by atoms with Crippen molar-refractivity contribution in [2.45, 2.75) is 89.0 Å². The molecule has 0 aromatic heterocycles. The molecule has 0 aliphatic heterocycles. The van der Waals surface area contributed by atoms with E-state index < -0.39 is 23.8 Å². The summed E-state index contributed by atoms with van der Waals surface area (Å²) < 4.78 is 0. The second-order valence-corrected chi connectivity index (χ2v) is 10.3. The zero-order chi connectivity index (χ0) is 29.4. The molecule has 1 rings (SSSR count). The van der Waals surface area contributed by atoms with Gasteiger partial charge < -0.3 is 27.0 Å². The summed E-state index contributed by atoms with van der Waals surface area (Å²) in [5.74, 6) is -3.26. The summed E-state index contributed by atoms with van der Waals surface area (Å²) in [7, 11) is 0. The largest absolute Gasteiger partial charge is 0.368 e. The minimum atomic E-state index is -1.34. The molecule has 0 saturated heterocycles. The number of carbonyl (C=O) groups is 6. The van der Waals surface area contributed by atoms with Crippen LogP contribution in [0.25, 0.3) is 0 Å². The van der Waals surface area contributed by atoms with Gasteiger partial charge in [-0.15, -0.1) is 0 Å². The van der Waals surface area contributed by atoms with Gasteiger partial charge in [0.2, 0.25) is 29.5 Å². The Morgan fingerprint density at radius 2 is 1.59 bits per heavy atom. The normalized spacial score (nSPS) is 16.6. The molecule has 0 radical (unpaired) electrons. The van der Waals surface area contributed by atoms with Gasteiger partial charge in [-0.1, -0.05) is 12.5 Å². The van der Waals surface area contributed by atoms with Crippen LogP contribution in [-0.4, -0.2) is 65.5 Å². The lowest BCUT2D eigenvalue weighted by molar-refractivity contribution is -0.129. The predicted octanol–water partition coefficient (Wildman–Crippen LogP) is -1.15. The van der Waals surface area contributed by atoms with Crippen molar-refractivity contribution in [3.05, 3.63) is 12.2 Å². The lowest BCUT2D eigenvalue weighted by Crippen LogP contribution is -2.60. The van der Waals surface area contributed by atoms with E-state index in [4.69, 9.17) is 17.2 Å². The molecule has 3 unspecified atom stereocenters. The number of thiol groups is 1. The third kappa shape index (κ3) is 15.9. The number of hydrogen-bond acceptors (Lipinski definition) is 9. The molecule has 1 aliphatic rings. The molecule has 5 amide bonds. The first kappa shape index (κ1) is 34.1. The molecule has 1 aliphatic carbocycles. The van der Waals surface area contributed by atoms with Crippen molar-refractivity contribution < 1.29 is 28.8 Å². The molecule has 0 saturated carbocycles. The van der Waals surface area contributed by atoms with Gasteiger partial charge in [0.25, 0.3) is 0 Å². The SMILES string of the molecule is CC(N)(N)NC(=O)CCCC(=O)NC(CC1C=CC(=O)CC1)C(=O)NCCCCCC(=O)NC(CS)C(N)=O. The Morgan fingerprint density at radius 3 is 2.15 bits per heavy atom. The minimum Gasteiger partial charge on any atom is -0.368 e. The monoisotopic (exact) mass is 569 g/mol. The number of hydrogen-bond donors (Lipinski definition) is 8. The van der Waals surface area contributed by atoms with Crippen LogP contribution in [0.15, 0.2) is 12.2 Å². The molecule has 0 heterocycles. The van der Waals surface area contributed by atoms with E-state index in [2.05, 4.69) is 33.9 Å². The Bertz CT molecular complexity index is 906. The summed E-state index contributed by atoms with van der Waals surface area (Å²) >= 11 is 3.98. The van der Waals surface area contributed by atoms with Crippen molar-refractivity contribution in [1.29, 1.82) is 0 Å². The zero-order valence-corrected chi connectivity index (χ0v) is 23.4. The maximum absolute atomic E-state index is 12.9. The molecule has 0 fully saturated rings. The second-order valence-electron chi connectivity index (χ2n) is 9.97. The number of rotatable bonds is 18. The zero-order valence-electron chi connectivity index (χ0n) is 22.5. The highest BCUT2D eigenvalue weighted by molar-refractivity contribution is 7.80. The Balaban J connectivity index is 2.50. The molecular weight excluding hydrogens is 526 g/mol. The maximum atomic E-state index is 12.9. The van der Waals surface area contributed by atoms with E-state index in [-0.39, 0.29) is 66.8 Å². The fraction of sp³-hybridized carbons (Fsp3) is 0.680. The number of nitrogens with two attached hydrogens (primary N) is 3. The number of ketones is 1.